The van der Waals surface area contributed by atoms with E-state index in [2.05, 4.69) is 28.6 Å². The van der Waals surface area contributed by atoms with Gasteiger partial charge in [-0.3, -0.25) is 14.9 Å². The van der Waals surface area contributed by atoms with E-state index in [1.165, 1.54) is 0 Å². The Hall–Kier alpha value is -2.87. The molecular formula is C21H21F2N3O2S. The maximum atomic E-state index is 13.8. The van der Waals surface area contributed by atoms with Gasteiger partial charge in [0.2, 0.25) is 0 Å². The van der Waals surface area contributed by atoms with Crippen molar-refractivity contribution in [3.63, 3.8) is 0 Å². The first-order chi connectivity index (χ1) is 13.7. The summed E-state index contributed by atoms with van der Waals surface area (Å²) < 4.78 is 27.1. The predicted molar refractivity (Wildman–Crippen MR) is 109 cm³/mol. The van der Waals surface area contributed by atoms with Crippen LogP contribution in [-0.2, 0) is 0 Å². The number of anilines is 1. The summed E-state index contributed by atoms with van der Waals surface area (Å²) in [6.07, 6.45) is 2.98. The molecule has 152 valence electrons. The molecule has 2 aromatic rings. The monoisotopic (exact) mass is 417 g/mol. The Balaban J connectivity index is 1.77. The van der Waals surface area contributed by atoms with Crippen LogP contribution in [-0.4, -0.2) is 16.8 Å². The zero-order valence-electron chi connectivity index (χ0n) is 16.5. The minimum absolute atomic E-state index is 0.136. The molecule has 0 aliphatic heterocycles. The van der Waals surface area contributed by atoms with Gasteiger partial charge in [0, 0.05) is 5.70 Å². The van der Waals surface area contributed by atoms with E-state index in [1.807, 2.05) is 13.8 Å². The zero-order valence-corrected chi connectivity index (χ0v) is 17.3. The molecule has 3 rings (SSSR count). The molecule has 0 radical (unpaired) electrons. The molecule has 1 unspecified atom stereocenters. The minimum atomic E-state index is -0.841. The first-order valence-corrected chi connectivity index (χ1v) is 9.91. The number of aromatic nitrogens is 1. The van der Waals surface area contributed by atoms with Crippen LogP contribution in [0.2, 0.25) is 0 Å². The Bertz CT molecular complexity index is 1060. The summed E-state index contributed by atoms with van der Waals surface area (Å²) in [6.45, 7) is 7.71. The molecule has 1 aliphatic carbocycles. The zero-order chi connectivity index (χ0) is 21.3. The Labute approximate surface area is 171 Å². The van der Waals surface area contributed by atoms with Gasteiger partial charge in [-0.1, -0.05) is 24.3 Å². The number of aryl methyl sites for hydroxylation is 1. The molecule has 1 heterocycles. The predicted octanol–water partition coefficient (Wildman–Crippen LogP) is 4.97. The molecule has 1 atom stereocenters. The maximum Gasteiger partial charge on any atom is 0.267 e. The smallest absolute Gasteiger partial charge is 0.267 e. The largest absolute Gasteiger partial charge is 0.321 e. The maximum absolute atomic E-state index is 13.8. The lowest BCUT2D eigenvalue weighted by Crippen LogP contribution is -2.26. The van der Waals surface area contributed by atoms with Crippen molar-refractivity contribution in [2.24, 2.45) is 5.92 Å². The number of carbonyl (C=O) groups excluding carboxylic acids is 2. The van der Waals surface area contributed by atoms with Crippen LogP contribution in [0.3, 0.4) is 0 Å². The van der Waals surface area contributed by atoms with Crippen LogP contribution < -0.4 is 10.6 Å². The van der Waals surface area contributed by atoms with E-state index in [-0.39, 0.29) is 11.0 Å². The number of amides is 2. The number of nitrogens with zero attached hydrogens (tertiary/aromatic N) is 1. The lowest BCUT2D eigenvalue weighted by atomic mass is 9.90. The third-order valence-electron chi connectivity index (χ3n) is 4.62. The van der Waals surface area contributed by atoms with Crippen molar-refractivity contribution >= 4 is 28.3 Å². The highest BCUT2D eigenvalue weighted by Crippen LogP contribution is 2.28. The molecule has 29 heavy (non-hydrogen) atoms. The molecule has 0 saturated carbocycles. The van der Waals surface area contributed by atoms with E-state index in [9.17, 15) is 18.4 Å². The standard InChI is InChI=1S/C21H21F2N3O2S/c1-10-7-11(2)17(12(3)8-10)25-20(28)18-13(4)24-21(29-18)26-19(27)15-9-14(22)5-6-16(15)23/h5-7,9-10H,8H2,1-4H3,(H,25,28)(H,24,26,27). The Morgan fingerprint density at radius 1 is 1.14 bits per heavy atom. The molecule has 0 spiro atoms. The number of carbonyl (C=O) groups is 2. The summed E-state index contributed by atoms with van der Waals surface area (Å²) in [7, 11) is 0. The second-order valence-electron chi connectivity index (χ2n) is 7.15. The van der Waals surface area contributed by atoms with E-state index >= 15 is 0 Å². The highest BCUT2D eigenvalue weighted by atomic mass is 32.1. The van der Waals surface area contributed by atoms with Crippen LogP contribution in [0.15, 0.2) is 41.1 Å². The molecule has 8 heteroatoms. The first-order valence-electron chi connectivity index (χ1n) is 9.09. The SMILES string of the molecule is CC1=CC(C)CC(C)=C1NC(=O)c1sc(NC(=O)c2cc(F)ccc2F)nc1C. The average Bonchev–Trinajstić information content (AvgIpc) is 3.00. The fourth-order valence-electron chi connectivity index (χ4n) is 3.36. The average molecular weight is 417 g/mol. The number of rotatable bonds is 4. The summed E-state index contributed by atoms with van der Waals surface area (Å²) >= 11 is 0.979. The van der Waals surface area contributed by atoms with Crippen molar-refractivity contribution in [1.29, 1.82) is 0 Å². The van der Waals surface area contributed by atoms with E-state index < -0.39 is 23.1 Å². The van der Waals surface area contributed by atoms with Gasteiger partial charge in [0.15, 0.2) is 5.13 Å². The van der Waals surface area contributed by atoms with Crippen molar-refractivity contribution in [2.45, 2.75) is 34.1 Å². The van der Waals surface area contributed by atoms with Crippen molar-refractivity contribution in [3.8, 4) is 0 Å². The molecule has 1 aromatic heterocycles. The summed E-state index contributed by atoms with van der Waals surface area (Å²) in [6, 6.07) is 2.63. The lowest BCUT2D eigenvalue weighted by Gasteiger charge is -2.22. The van der Waals surface area contributed by atoms with Crippen LogP contribution in [0.5, 0.6) is 0 Å². The quantitative estimate of drug-likeness (QED) is 0.738. The van der Waals surface area contributed by atoms with Crippen LogP contribution in [0.25, 0.3) is 0 Å². The number of benzene rings is 1. The fraction of sp³-hybridized carbons (Fsp3) is 0.286. The molecule has 1 aromatic carbocycles. The second kappa shape index (κ2) is 8.24. The van der Waals surface area contributed by atoms with Crippen molar-refractivity contribution < 1.29 is 18.4 Å². The summed E-state index contributed by atoms with van der Waals surface area (Å²) in [5.74, 6) is -2.30. The topological polar surface area (TPSA) is 71.1 Å². The van der Waals surface area contributed by atoms with Gasteiger partial charge in [-0.05, 0) is 62.5 Å². The summed E-state index contributed by atoms with van der Waals surface area (Å²) in [4.78, 5) is 29.5. The minimum Gasteiger partial charge on any atom is -0.321 e. The van der Waals surface area contributed by atoms with E-state index in [0.717, 1.165) is 52.8 Å². The molecule has 5 nitrogen and oxygen atoms in total. The van der Waals surface area contributed by atoms with Gasteiger partial charge in [0.25, 0.3) is 11.8 Å². The fourth-order valence-corrected chi connectivity index (χ4v) is 4.22. The molecule has 2 amide bonds. The van der Waals surface area contributed by atoms with Crippen LogP contribution >= 0.6 is 11.3 Å². The molecule has 0 saturated heterocycles. The number of hydrogen-bond acceptors (Lipinski definition) is 4. The van der Waals surface area contributed by atoms with E-state index in [1.54, 1.807) is 6.92 Å². The normalized spacial score (nSPS) is 16.5. The Morgan fingerprint density at radius 3 is 2.55 bits per heavy atom. The number of thiazole rings is 1. The van der Waals surface area contributed by atoms with E-state index in [4.69, 9.17) is 0 Å². The van der Waals surface area contributed by atoms with Crippen LogP contribution in [0.1, 0.15) is 52.9 Å². The van der Waals surface area contributed by atoms with Gasteiger partial charge in [0.05, 0.1) is 11.3 Å². The molecule has 2 N–H and O–H groups in total. The number of halogens is 2. The molecule has 0 bridgehead atoms. The number of hydrogen-bond donors (Lipinski definition) is 2. The Kier molecular flexibility index (Phi) is 5.93. The van der Waals surface area contributed by atoms with Gasteiger partial charge >= 0.3 is 0 Å². The van der Waals surface area contributed by atoms with Crippen LogP contribution in [0.4, 0.5) is 13.9 Å². The molecule has 0 fully saturated rings. The van der Waals surface area contributed by atoms with Gasteiger partial charge in [0.1, 0.15) is 16.5 Å². The number of nitrogens with one attached hydrogen (secondary N) is 2. The van der Waals surface area contributed by atoms with Crippen LogP contribution in [0, 0.1) is 24.5 Å². The van der Waals surface area contributed by atoms with Crippen molar-refractivity contribution in [1.82, 2.24) is 10.3 Å². The second-order valence-corrected chi connectivity index (χ2v) is 8.15. The summed E-state index contributed by atoms with van der Waals surface area (Å²) in [5, 5.41) is 5.49. The third kappa shape index (κ3) is 4.59. The van der Waals surface area contributed by atoms with Gasteiger partial charge < -0.3 is 5.32 Å². The van der Waals surface area contributed by atoms with Gasteiger partial charge in [-0.25, -0.2) is 13.8 Å². The van der Waals surface area contributed by atoms with Gasteiger partial charge in [-0.15, -0.1) is 0 Å². The Morgan fingerprint density at radius 2 is 1.86 bits per heavy atom. The van der Waals surface area contributed by atoms with E-state index in [0.29, 0.717) is 16.5 Å². The first kappa shape index (κ1) is 20.9. The van der Waals surface area contributed by atoms with Crippen molar-refractivity contribution in [3.05, 3.63) is 68.9 Å². The highest BCUT2D eigenvalue weighted by Gasteiger charge is 2.22. The third-order valence-corrected chi connectivity index (χ3v) is 5.69. The van der Waals surface area contributed by atoms with Crippen molar-refractivity contribution in [2.75, 3.05) is 5.32 Å². The highest BCUT2D eigenvalue weighted by molar-refractivity contribution is 7.17. The van der Waals surface area contributed by atoms with Gasteiger partial charge in [-0.2, -0.15) is 0 Å². The summed E-state index contributed by atoms with van der Waals surface area (Å²) in [5.41, 5.74) is 2.91. The number of allylic oxidation sites excluding steroid dienone is 3. The molecular weight excluding hydrogens is 396 g/mol. The lowest BCUT2D eigenvalue weighted by molar-refractivity contribution is 0.0967. The molecule has 1 aliphatic rings.